The van der Waals surface area contributed by atoms with Gasteiger partial charge in [-0.05, 0) is 57.8 Å². The van der Waals surface area contributed by atoms with Gasteiger partial charge in [0.2, 0.25) is 0 Å². The Kier molecular flexibility index (Phi) is 36.1. The SMILES string of the molecule is CC/C=C/C/C=C/C/C=C/C/C=C/C/C=C/CCCCCC(=O)OC[C@H](CO)OC(=O)CCCCCCCCCCCCCCCC. The number of unbranched alkanes of at least 4 members (excludes halogenated alkanes) is 16. The molecule has 0 aliphatic rings. The number of allylic oxidation sites excluding steroid dienone is 10. The lowest BCUT2D eigenvalue weighted by atomic mass is 10.0. The van der Waals surface area contributed by atoms with Crippen LogP contribution in [-0.2, 0) is 19.1 Å². The maximum atomic E-state index is 12.1. The van der Waals surface area contributed by atoms with Crippen LogP contribution in [0.4, 0.5) is 0 Å². The van der Waals surface area contributed by atoms with Gasteiger partial charge < -0.3 is 14.6 Å². The number of aliphatic hydroxyl groups excluding tert-OH is 1. The van der Waals surface area contributed by atoms with E-state index in [0.29, 0.717) is 12.8 Å². The van der Waals surface area contributed by atoms with Crippen LogP contribution in [0.3, 0.4) is 0 Å². The van der Waals surface area contributed by atoms with Crippen molar-refractivity contribution in [2.24, 2.45) is 0 Å². The first-order valence-corrected chi connectivity index (χ1v) is 19.3. The summed E-state index contributed by atoms with van der Waals surface area (Å²) < 4.78 is 10.6. The molecule has 0 amide bonds. The first-order valence-electron chi connectivity index (χ1n) is 19.3. The summed E-state index contributed by atoms with van der Waals surface area (Å²) in [6, 6.07) is 0. The topological polar surface area (TPSA) is 72.8 Å². The van der Waals surface area contributed by atoms with Crippen molar-refractivity contribution in [3.63, 3.8) is 0 Å². The van der Waals surface area contributed by atoms with Crippen molar-refractivity contribution in [3.05, 3.63) is 60.8 Å². The van der Waals surface area contributed by atoms with Gasteiger partial charge in [0.15, 0.2) is 6.10 Å². The molecule has 0 saturated carbocycles. The molecule has 47 heavy (non-hydrogen) atoms. The zero-order valence-corrected chi connectivity index (χ0v) is 30.5. The van der Waals surface area contributed by atoms with Gasteiger partial charge >= 0.3 is 11.9 Å². The molecule has 0 radical (unpaired) electrons. The molecule has 0 bridgehead atoms. The normalized spacial score (nSPS) is 12.8. The number of ether oxygens (including phenoxy) is 2. The van der Waals surface area contributed by atoms with Crippen LogP contribution in [0.25, 0.3) is 0 Å². The fourth-order valence-electron chi connectivity index (χ4n) is 5.17. The third-order valence-corrected chi connectivity index (χ3v) is 8.08. The third kappa shape index (κ3) is 36.3. The Hall–Kier alpha value is -2.40. The fourth-order valence-corrected chi connectivity index (χ4v) is 5.17. The van der Waals surface area contributed by atoms with Gasteiger partial charge in [-0.1, -0.05) is 164 Å². The van der Waals surface area contributed by atoms with Crippen LogP contribution in [0.15, 0.2) is 60.8 Å². The van der Waals surface area contributed by atoms with Crippen LogP contribution in [-0.4, -0.2) is 36.4 Å². The van der Waals surface area contributed by atoms with Crippen molar-refractivity contribution in [2.75, 3.05) is 13.2 Å². The van der Waals surface area contributed by atoms with E-state index in [1.807, 2.05) is 0 Å². The van der Waals surface area contributed by atoms with Gasteiger partial charge in [-0.3, -0.25) is 9.59 Å². The Balaban J connectivity index is 3.64. The van der Waals surface area contributed by atoms with Crippen molar-refractivity contribution in [3.8, 4) is 0 Å². The highest BCUT2D eigenvalue weighted by atomic mass is 16.6. The Labute approximate surface area is 290 Å². The molecule has 0 aliphatic heterocycles. The van der Waals surface area contributed by atoms with Gasteiger partial charge in [-0.2, -0.15) is 0 Å². The van der Waals surface area contributed by atoms with Crippen LogP contribution >= 0.6 is 0 Å². The summed E-state index contributed by atoms with van der Waals surface area (Å²) in [6.07, 6.45) is 48.5. The highest BCUT2D eigenvalue weighted by molar-refractivity contribution is 5.70. The van der Waals surface area contributed by atoms with Crippen molar-refractivity contribution >= 4 is 11.9 Å². The molecule has 0 heterocycles. The van der Waals surface area contributed by atoms with E-state index >= 15 is 0 Å². The molecule has 0 rings (SSSR count). The van der Waals surface area contributed by atoms with Crippen LogP contribution < -0.4 is 0 Å². The molecular weight excluding hydrogens is 584 g/mol. The summed E-state index contributed by atoms with van der Waals surface area (Å²) in [5.41, 5.74) is 0. The van der Waals surface area contributed by atoms with Crippen LogP contribution in [0.5, 0.6) is 0 Å². The quantitative estimate of drug-likeness (QED) is 0.0424. The van der Waals surface area contributed by atoms with E-state index in [4.69, 9.17) is 9.47 Å². The zero-order chi connectivity index (χ0) is 34.3. The second-order valence-electron chi connectivity index (χ2n) is 12.6. The van der Waals surface area contributed by atoms with E-state index < -0.39 is 6.10 Å². The van der Waals surface area contributed by atoms with Crippen molar-refractivity contribution in [1.29, 1.82) is 0 Å². The molecule has 0 spiro atoms. The molecule has 5 heteroatoms. The lowest BCUT2D eigenvalue weighted by molar-refractivity contribution is -0.161. The molecule has 5 nitrogen and oxygen atoms in total. The summed E-state index contributed by atoms with van der Waals surface area (Å²) >= 11 is 0. The number of hydrogen-bond donors (Lipinski definition) is 1. The van der Waals surface area contributed by atoms with Crippen LogP contribution in [0.1, 0.15) is 174 Å². The molecule has 0 saturated heterocycles. The first kappa shape index (κ1) is 44.6. The maximum Gasteiger partial charge on any atom is 0.306 e. The zero-order valence-electron chi connectivity index (χ0n) is 30.5. The molecule has 0 unspecified atom stereocenters. The number of aliphatic hydroxyl groups is 1. The monoisotopic (exact) mass is 657 g/mol. The maximum absolute atomic E-state index is 12.1. The first-order chi connectivity index (χ1) is 23.1. The fraction of sp³-hybridized carbons (Fsp3) is 0.714. The van der Waals surface area contributed by atoms with Gasteiger partial charge in [-0.15, -0.1) is 0 Å². The van der Waals surface area contributed by atoms with Crippen LogP contribution in [0.2, 0.25) is 0 Å². The highest BCUT2D eigenvalue weighted by Gasteiger charge is 2.16. The summed E-state index contributed by atoms with van der Waals surface area (Å²) in [5, 5.41) is 9.54. The number of carbonyl (C=O) groups is 2. The van der Waals surface area contributed by atoms with E-state index in [-0.39, 0.29) is 25.2 Å². The Bertz CT molecular complexity index is 838. The highest BCUT2D eigenvalue weighted by Crippen LogP contribution is 2.14. The predicted octanol–water partition coefficient (Wildman–Crippen LogP) is 12.0. The lowest BCUT2D eigenvalue weighted by Gasteiger charge is -2.15. The second-order valence-corrected chi connectivity index (χ2v) is 12.6. The average molecular weight is 657 g/mol. The molecule has 1 N–H and O–H groups in total. The standard InChI is InChI=1S/C42H72O5/c1-3-5-7-9-11-13-15-17-19-20-21-22-23-25-26-28-30-32-34-36-41(44)46-39-40(38-43)47-42(45)37-35-33-31-29-27-24-18-16-14-12-10-8-6-4-2/h5,7,11,13,17,19,21-22,25-26,40,43H,3-4,6,8-10,12,14-16,18,20,23-24,27-39H2,1-2H3/b7-5+,13-11+,19-17+,22-21+,26-25+/t40-/m0/s1. The van der Waals surface area contributed by atoms with Crippen molar-refractivity contribution < 1.29 is 24.2 Å². The minimum Gasteiger partial charge on any atom is -0.462 e. The molecule has 0 fully saturated rings. The van der Waals surface area contributed by atoms with E-state index in [0.717, 1.165) is 77.0 Å². The molecule has 0 aromatic heterocycles. The molecule has 0 aromatic carbocycles. The largest absolute Gasteiger partial charge is 0.462 e. The third-order valence-electron chi connectivity index (χ3n) is 8.08. The summed E-state index contributed by atoms with van der Waals surface area (Å²) in [6.45, 7) is 3.99. The van der Waals surface area contributed by atoms with Crippen LogP contribution in [0, 0.1) is 0 Å². The average Bonchev–Trinajstić information content (AvgIpc) is 3.07. The van der Waals surface area contributed by atoms with Gasteiger partial charge in [0.05, 0.1) is 6.61 Å². The summed E-state index contributed by atoms with van der Waals surface area (Å²) in [5.74, 6) is -0.629. The predicted molar refractivity (Wildman–Crippen MR) is 200 cm³/mol. The smallest absolute Gasteiger partial charge is 0.306 e. The summed E-state index contributed by atoms with van der Waals surface area (Å²) in [7, 11) is 0. The Morgan fingerprint density at radius 1 is 0.511 bits per heavy atom. The van der Waals surface area contributed by atoms with E-state index in [9.17, 15) is 14.7 Å². The number of esters is 2. The number of rotatable bonds is 34. The molecular formula is C42H72O5. The summed E-state index contributed by atoms with van der Waals surface area (Å²) in [4.78, 5) is 24.2. The lowest BCUT2D eigenvalue weighted by Crippen LogP contribution is -2.28. The minimum absolute atomic E-state index is 0.0835. The Morgan fingerprint density at radius 3 is 1.38 bits per heavy atom. The van der Waals surface area contributed by atoms with Gasteiger partial charge in [0, 0.05) is 12.8 Å². The van der Waals surface area contributed by atoms with Gasteiger partial charge in [-0.25, -0.2) is 0 Å². The number of hydrogen-bond acceptors (Lipinski definition) is 5. The van der Waals surface area contributed by atoms with E-state index in [1.54, 1.807) is 0 Å². The molecule has 0 aliphatic carbocycles. The van der Waals surface area contributed by atoms with E-state index in [2.05, 4.69) is 74.6 Å². The second kappa shape index (κ2) is 38.1. The molecule has 1 atom stereocenters. The van der Waals surface area contributed by atoms with Gasteiger partial charge in [0.1, 0.15) is 6.61 Å². The van der Waals surface area contributed by atoms with Crippen molar-refractivity contribution in [2.45, 2.75) is 180 Å². The molecule has 0 aromatic rings. The minimum atomic E-state index is -0.784. The van der Waals surface area contributed by atoms with Gasteiger partial charge in [0.25, 0.3) is 0 Å². The van der Waals surface area contributed by atoms with E-state index in [1.165, 1.54) is 70.6 Å². The van der Waals surface area contributed by atoms with Crippen molar-refractivity contribution in [1.82, 2.24) is 0 Å². The Morgan fingerprint density at radius 2 is 0.915 bits per heavy atom. The molecule has 270 valence electrons. The number of carbonyl (C=O) groups excluding carboxylic acids is 2.